The molecule has 10 rings (SSSR count). The van der Waals surface area contributed by atoms with Crippen molar-refractivity contribution in [2.24, 2.45) is 15.0 Å². The first-order chi connectivity index (χ1) is 30.7. The maximum atomic E-state index is 11.7. The number of fused-ring (bicyclic) bond motifs is 6. The summed E-state index contributed by atoms with van der Waals surface area (Å²) in [6, 6.07) is 43.2. The molecule has 6 N–H and O–H groups in total. The summed E-state index contributed by atoms with van der Waals surface area (Å²) in [6.07, 6.45) is 6.37. The highest BCUT2D eigenvalue weighted by atomic mass is 32.2. The highest BCUT2D eigenvalue weighted by Gasteiger charge is 2.36. The van der Waals surface area contributed by atoms with E-state index in [1.807, 2.05) is 109 Å². The Labute approximate surface area is 365 Å². The zero-order valence-electron chi connectivity index (χ0n) is 33.5. The molecule has 2 aliphatic rings. The quantitative estimate of drug-likeness (QED) is 0.0402. The van der Waals surface area contributed by atoms with Crippen LogP contribution in [0.3, 0.4) is 0 Å². The fourth-order valence-corrected chi connectivity index (χ4v) is 10.2. The molecule has 8 aromatic rings. The van der Waals surface area contributed by atoms with Crippen molar-refractivity contribution in [3.05, 3.63) is 186 Å². The van der Waals surface area contributed by atoms with Gasteiger partial charge in [-0.3, -0.25) is 4.99 Å². The Kier molecular flexibility index (Phi) is 9.80. The fraction of sp³-hybridized carbons (Fsp3) is 0.0577. The normalized spacial score (nSPS) is 16.0. The molecule has 1 aliphatic heterocycles. The molecule has 0 saturated carbocycles. The van der Waals surface area contributed by atoms with E-state index >= 15 is 0 Å². The summed E-state index contributed by atoms with van der Waals surface area (Å²) >= 11 is 1.79. The van der Waals surface area contributed by atoms with Crippen molar-refractivity contribution in [3.8, 4) is 51.3 Å². The molecular formula is C52H38N4O6S. The Morgan fingerprint density at radius 3 is 1.97 bits per heavy atom. The van der Waals surface area contributed by atoms with E-state index in [-0.39, 0.29) is 33.0 Å². The molecule has 2 unspecified atom stereocenters. The molecule has 0 amide bonds. The molecule has 2 atom stereocenters. The van der Waals surface area contributed by atoms with E-state index in [0.29, 0.717) is 40.6 Å². The number of phenols is 6. The van der Waals surface area contributed by atoms with Crippen LogP contribution in [0.4, 0.5) is 0 Å². The van der Waals surface area contributed by atoms with Crippen LogP contribution in [0.25, 0.3) is 44.2 Å². The van der Waals surface area contributed by atoms with Gasteiger partial charge in [-0.15, -0.1) is 11.8 Å². The second-order valence-electron chi connectivity index (χ2n) is 15.3. The van der Waals surface area contributed by atoms with Crippen molar-refractivity contribution in [1.82, 2.24) is 4.57 Å². The first-order valence-corrected chi connectivity index (χ1v) is 21.0. The number of phenolic OH excluding ortho intramolecular Hbond substituents is 6. The number of nitrogens with zero attached hydrogens (tertiary/aromatic N) is 4. The van der Waals surface area contributed by atoms with Crippen LogP contribution in [0.2, 0.25) is 0 Å². The van der Waals surface area contributed by atoms with Crippen LogP contribution in [0.5, 0.6) is 34.5 Å². The van der Waals surface area contributed by atoms with Crippen molar-refractivity contribution in [3.63, 3.8) is 0 Å². The van der Waals surface area contributed by atoms with E-state index in [9.17, 15) is 30.6 Å². The summed E-state index contributed by atoms with van der Waals surface area (Å²) in [5, 5.41) is 67.6. The third-order valence-electron chi connectivity index (χ3n) is 11.6. The molecule has 0 saturated heterocycles. The molecule has 10 nitrogen and oxygen atoms in total. The lowest BCUT2D eigenvalue weighted by molar-refractivity contribution is 0.400. The monoisotopic (exact) mass is 846 g/mol. The van der Waals surface area contributed by atoms with Gasteiger partial charge >= 0.3 is 0 Å². The maximum absolute atomic E-state index is 11.7. The first-order valence-electron chi connectivity index (χ1n) is 20.2. The van der Waals surface area contributed by atoms with Crippen molar-refractivity contribution < 1.29 is 30.6 Å². The molecule has 0 radical (unpaired) electrons. The summed E-state index contributed by atoms with van der Waals surface area (Å²) in [5.41, 5.74) is 7.04. The number of benzene rings is 7. The van der Waals surface area contributed by atoms with Gasteiger partial charge in [0.15, 0.2) is 34.7 Å². The number of aromatic hydroxyl groups is 6. The molecule has 63 heavy (non-hydrogen) atoms. The van der Waals surface area contributed by atoms with Crippen molar-refractivity contribution >= 4 is 57.5 Å². The molecular weight excluding hydrogens is 809 g/mol. The van der Waals surface area contributed by atoms with Gasteiger partial charge < -0.3 is 35.2 Å². The second kappa shape index (κ2) is 15.8. The molecule has 7 aromatic carbocycles. The van der Waals surface area contributed by atoms with Gasteiger partial charge in [0.1, 0.15) is 22.5 Å². The van der Waals surface area contributed by atoms with Gasteiger partial charge in [0.2, 0.25) is 0 Å². The SMILES string of the molecule is C=N/C(=N\C(=N/Cc1ccccc1)c1ccccc1-c1ccc(C2=CC=CC3c4ccccc4SC23)cc1-n1c2c(O)cc(O)c(O)c2c2c(O)c(O)cc(O)c21)c1ccccc1. The number of rotatable bonds is 7. The molecule has 0 bridgehead atoms. The first kappa shape index (κ1) is 39.1. The Bertz CT molecular complexity index is 3210. The van der Waals surface area contributed by atoms with Gasteiger partial charge in [0.05, 0.1) is 23.0 Å². The summed E-state index contributed by atoms with van der Waals surface area (Å²) in [5.74, 6) is -2.73. The lowest BCUT2D eigenvalue weighted by atomic mass is 9.84. The Balaban J connectivity index is 1.27. The zero-order chi connectivity index (χ0) is 43.4. The van der Waals surface area contributed by atoms with Crippen LogP contribution in [0, 0.1) is 0 Å². The Morgan fingerprint density at radius 1 is 0.635 bits per heavy atom. The number of hydrogen-bond acceptors (Lipinski definition) is 8. The lowest BCUT2D eigenvalue weighted by Gasteiger charge is -2.25. The third-order valence-corrected chi connectivity index (χ3v) is 13.0. The second-order valence-corrected chi connectivity index (χ2v) is 16.5. The van der Waals surface area contributed by atoms with Gasteiger partial charge in [-0.25, -0.2) is 9.98 Å². The van der Waals surface area contributed by atoms with E-state index in [2.05, 4.69) is 48.1 Å². The van der Waals surface area contributed by atoms with E-state index in [4.69, 9.17) is 9.98 Å². The minimum Gasteiger partial charge on any atom is -0.506 e. The molecule has 1 aliphatic carbocycles. The van der Waals surface area contributed by atoms with Crippen molar-refractivity contribution in [2.45, 2.75) is 22.6 Å². The van der Waals surface area contributed by atoms with Gasteiger partial charge in [-0.2, -0.15) is 0 Å². The summed E-state index contributed by atoms with van der Waals surface area (Å²) in [4.78, 5) is 15.7. The number of aliphatic imine (C=N–C) groups is 3. The van der Waals surface area contributed by atoms with Crippen LogP contribution in [0.1, 0.15) is 33.7 Å². The number of aromatic nitrogens is 1. The van der Waals surface area contributed by atoms with Crippen molar-refractivity contribution in [1.29, 1.82) is 0 Å². The zero-order valence-corrected chi connectivity index (χ0v) is 34.3. The molecule has 308 valence electrons. The van der Waals surface area contributed by atoms with Gasteiger partial charge in [0.25, 0.3) is 0 Å². The Hall–Kier alpha value is -8.02. The van der Waals surface area contributed by atoms with E-state index in [0.717, 1.165) is 34.4 Å². The molecule has 0 fully saturated rings. The van der Waals surface area contributed by atoms with Crippen LogP contribution >= 0.6 is 11.8 Å². The average molecular weight is 847 g/mol. The highest BCUT2D eigenvalue weighted by Crippen LogP contribution is 2.55. The fourth-order valence-electron chi connectivity index (χ4n) is 8.73. The predicted octanol–water partition coefficient (Wildman–Crippen LogP) is 11.0. The minimum atomic E-state index is -0.664. The topological polar surface area (TPSA) is 163 Å². The number of amidine groups is 2. The molecule has 0 spiro atoms. The van der Waals surface area contributed by atoms with E-state index in [1.165, 1.54) is 10.5 Å². The number of hydrogen-bond donors (Lipinski definition) is 6. The van der Waals surface area contributed by atoms with E-state index in [1.54, 1.807) is 16.3 Å². The van der Waals surface area contributed by atoms with Gasteiger partial charge in [-0.05, 0) is 46.7 Å². The Morgan fingerprint density at radius 2 is 1.27 bits per heavy atom. The third kappa shape index (κ3) is 6.66. The molecule has 11 heteroatoms. The highest BCUT2D eigenvalue weighted by molar-refractivity contribution is 8.00. The van der Waals surface area contributed by atoms with Crippen LogP contribution < -0.4 is 0 Å². The van der Waals surface area contributed by atoms with E-state index < -0.39 is 34.5 Å². The van der Waals surface area contributed by atoms with Gasteiger partial charge in [-0.1, -0.05) is 133 Å². The number of thioether (sulfide) groups is 1. The standard InChI is InChI=1S/C52H38N4O6S/c1-53-51(30-15-6-3-7-16-30)55-52(54-28-29-13-4-2-5-14-29)37-19-9-8-17-33(37)34-24-23-31(32-20-12-21-36-35-18-10-11-22-43(35)63-50(32)36)25-38(34)56-46-39(57)26-41(59)48(61)44(46)45-47(56)40(58)27-42(60)49(45)62/h2-27,36,50,57-62H,1,28H2/b54-52-,55-51-. The number of allylic oxidation sites excluding steroid dienone is 3. The predicted molar refractivity (Wildman–Crippen MR) is 251 cm³/mol. The summed E-state index contributed by atoms with van der Waals surface area (Å²) < 4.78 is 1.54. The molecule has 2 heterocycles. The van der Waals surface area contributed by atoms with Crippen LogP contribution in [-0.4, -0.2) is 58.8 Å². The van der Waals surface area contributed by atoms with Crippen molar-refractivity contribution in [2.75, 3.05) is 0 Å². The molecule has 1 aromatic heterocycles. The minimum absolute atomic E-state index is 0.0363. The largest absolute Gasteiger partial charge is 0.506 e. The van der Waals surface area contributed by atoms with Crippen LogP contribution in [0.15, 0.2) is 178 Å². The lowest BCUT2D eigenvalue weighted by Crippen LogP contribution is -2.14. The maximum Gasteiger partial charge on any atom is 0.168 e. The summed E-state index contributed by atoms with van der Waals surface area (Å²) in [6.45, 7) is 4.14. The van der Waals surface area contributed by atoms with Gasteiger partial charge in [0, 0.05) is 44.9 Å². The smallest absolute Gasteiger partial charge is 0.168 e. The summed E-state index contributed by atoms with van der Waals surface area (Å²) in [7, 11) is 0. The van der Waals surface area contributed by atoms with Crippen LogP contribution in [-0.2, 0) is 6.54 Å². The average Bonchev–Trinajstić information content (AvgIpc) is 3.89.